The maximum atomic E-state index is 13.7. The SMILES string of the molecule is Cc1ccc(C2=CCC(C)(c3ccc(C(C)c4ccc(-c5ccc(-c6ccc(F)c(C)c6)cc5)cc4)cc3)C=C2)cc1C. The summed E-state index contributed by atoms with van der Waals surface area (Å²) >= 11 is 0. The molecule has 0 bridgehead atoms. The lowest BCUT2D eigenvalue weighted by Crippen LogP contribution is -2.20. The van der Waals surface area contributed by atoms with E-state index in [2.05, 4.69) is 137 Å². The van der Waals surface area contributed by atoms with Crippen molar-refractivity contribution >= 4 is 5.57 Å². The van der Waals surface area contributed by atoms with Gasteiger partial charge in [0.25, 0.3) is 0 Å². The van der Waals surface area contributed by atoms with Crippen LogP contribution < -0.4 is 0 Å². The molecule has 0 saturated carbocycles. The Morgan fingerprint density at radius 3 is 1.65 bits per heavy atom. The van der Waals surface area contributed by atoms with Crippen LogP contribution in [0.1, 0.15) is 65.1 Å². The molecular weight excluding hydrogens is 523 g/mol. The molecule has 0 saturated heterocycles. The average Bonchev–Trinajstić information content (AvgIpc) is 3.04. The predicted molar refractivity (Wildman–Crippen MR) is 181 cm³/mol. The Morgan fingerprint density at radius 2 is 1.09 bits per heavy atom. The second-order valence-electron chi connectivity index (χ2n) is 12.4. The van der Waals surface area contributed by atoms with Crippen molar-refractivity contribution < 1.29 is 4.39 Å². The monoisotopic (exact) mass is 562 g/mol. The first-order valence-electron chi connectivity index (χ1n) is 15.2. The van der Waals surface area contributed by atoms with Crippen LogP contribution in [0, 0.1) is 26.6 Å². The Morgan fingerprint density at radius 1 is 0.581 bits per heavy atom. The van der Waals surface area contributed by atoms with E-state index in [0.717, 1.165) is 17.5 Å². The molecule has 0 N–H and O–H groups in total. The molecule has 6 rings (SSSR count). The zero-order valence-electron chi connectivity index (χ0n) is 25.8. The van der Waals surface area contributed by atoms with E-state index in [1.165, 1.54) is 50.1 Å². The zero-order valence-corrected chi connectivity index (χ0v) is 25.8. The maximum Gasteiger partial charge on any atom is 0.126 e. The summed E-state index contributed by atoms with van der Waals surface area (Å²) < 4.78 is 13.7. The summed E-state index contributed by atoms with van der Waals surface area (Å²) in [5.41, 5.74) is 14.4. The highest BCUT2D eigenvalue weighted by Gasteiger charge is 2.25. The summed E-state index contributed by atoms with van der Waals surface area (Å²) in [4.78, 5) is 0. The summed E-state index contributed by atoms with van der Waals surface area (Å²) in [7, 11) is 0. The van der Waals surface area contributed by atoms with Crippen molar-refractivity contribution in [2.24, 2.45) is 0 Å². The van der Waals surface area contributed by atoms with Crippen molar-refractivity contribution in [1.82, 2.24) is 0 Å². The van der Waals surface area contributed by atoms with Crippen LogP contribution in [0.4, 0.5) is 4.39 Å². The van der Waals surface area contributed by atoms with Gasteiger partial charge in [0.1, 0.15) is 5.82 Å². The van der Waals surface area contributed by atoms with Gasteiger partial charge < -0.3 is 0 Å². The number of hydrogen-bond acceptors (Lipinski definition) is 0. The molecule has 0 heterocycles. The maximum absolute atomic E-state index is 13.7. The molecule has 43 heavy (non-hydrogen) atoms. The molecule has 1 heteroatoms. The van der Waals surface area contributed by atoms with Gasteiger partial charge in [0.2, 0.25) is 0 Å². The fraction of sp³-hybridized carbons (Fsp3) is 0.190. The van der Waals surface area contributed by atoms with Crippen LogP contribution in [0.25, 0.3) is 27.8 Å². The predicted octanol–water partition coefficient (Wildman–Crippen LogP) is 11.5. The van der Waals surface area contributed by atoms with Crippen LogP contribution in [0.3, 0.4) is 0 Å². The van der Waals surface area contributed by atoms with Crippen LogP contribution in [-0.2, 0) is 5.41 Å². The molecule has 0 radical (unpaired) electrons. The molecule has 0 nitrogen and oxygen atoms in total. The molecular formula is C42H39F. The molecule has 0 fully saturated rings. The Kier molecular flexibility index (Phi) is 7.75. The topological polar surface area (TPSA) is 0 Å². The van der Waals surface area contributed by atoms with Crippen molar-refractivity contribution in [2.45, 2.75) is 52.4 Å². The smallest absolute Gasteiger partial charge is 0.126 e. The average molecular weight is 563 g/mol. The summed E-state index contributed by atoms with van der Waals surface area (Å²) in [6.07, 6.45) is 8.05. The van der Waals surface area contributed by atoms with Crippen LogP contribution in [0.5, 0.6) is 0 Å². The Balaban J connectivity index is 1.13. The second-order valence-corrected chi connectivity index (χ2v) is 12.4. The Bertz CT molecular complexity index is 1820. The first-order valence-corrected chi connectivity index (χ1v) is 15.2. The van der Waals surface area contributed by atoms with E-state index >= 15 is 0 Å². The van der Waals surface area contributed by atoms with Crippen LogP contribution in [0.15, 0.2) is 127 Å². The van der Waals surface area contributed by atoms with Crippen molar-refractivity contribution in [3.05, 3.63) is 172 Å². The number of hydrogen-bond donors (Lipinski definition) is 0. The third-order valence-electron chi connectivity index (χ3n) is 9.41. The van der Waals surface area contributed by atoms with E-state index < -0.39 is 0 Å². The lowest BCUT2D eigenvalue weighted by molar-refractivity contribution is 0.601. The van der Waals surface area contributed by atoms with Crippen molar-refractivity contribution in [2.75, 3.05) is 0 Å². The molecule has 0 aliphatic heterocycles. The number of benzene rings is 5. The first kappa shape index (κ1) is 28.6. The Hall–Kier alpha value is -4.49. The number of allylic oxidation sites excluding steroid dienone is 4. The fourth-order valence-electron chi connectivity index (χ4n) is 6.07. The van der Waals surface area contributed by atoms with Gasteiger partial charge >= 0.3 is 0 Å². The minimum Gasteiger partial charge on any atom is -0.207 e. The summed E-state index contributed by atoms with van der Waals surface area (Å²) in [6.45, 7) is 10.8. The summed E-state index contributed by atoms with van der Waals surface area (Å²) in [5.74, 6) is 0.139. The highest BCUT2D eigenvalue weighted by atomic mass is 19.1. The van der Waals surface area contributed by atoms with E-state index in [0.29, 0.717) is 11.5 Å². The number of halogens is 1. The van der Waals surface area contributed by atoms with Crippen molar-refractivity contribution in [3.63, 3.8) is 0 Å². The molecule has 5 aromatic rings. The Labute approximate surface area is 256 Å². The third-order valence-corrected chi connectivity index (χ3v) is 9.41. The molecule has 1 aliphatic carbocycles. The molecule has 1 aliphatic rings. The van der Waals surface area contributed by atoms with E-state index in [4.69, 9.17) is 0 Å². The first-order chi connectivity index (χ1) is 20.7. The molecule has 214 valence electrons. The van der Waals surface area contributed by atoms with Gasteiger partial charge in [-0.2, -0.15) is 0 Å². The van der Waals surface area contributed by atoms with E-state index in [1.807, 2.05) is 12.1 Å². The molecule has 2 unspecified atom stereocenters. The molecule has 0 aromatic heterocycles. The number of aryl methyl sites for hydroxylation is 3. The van der Waals surface area contributed by atoms with Gasteiger partial charge in [0.05, 0.1) is 0 Å². The molecule has 2 atom stereocenters. The largest absolute Gasteiger partial charge is 0.207 e. The fourth-order valence-corrected chi connectivity index (χ4v) is 6.07. The molecule has 0 amide bonds. The molecule has 5 aromatic carbocycles. The van der Waals surface area contributed by atoms with E-state index in [-0.39, 0.29) is 11.2 Å². The minimum absolute atomic E-state index is 0.00225. The highest BCUT2D eigenvalue weighted by Crippen LogP contribution is 2.37. The molecule has 0 spiro atoms. The van der Waals surface area contributed by atoms with Crippen LogP contribution in [-0.4, -0.2) is 0 Å². The van der Waals surface area contributed by atoms with Gasteiger partial charge in [0, 0.05) is 11.3 Å². The second kappa shape index (κ2) is 11.7. The zero-order chi connectivity index (χ0) is 30.1. The van der Waals surface area contributed by atoms with Gasteiger partial charge in [-0.05, 0) is 106 Å². The van der Waals surface area contributed by atoms with Gasteiger partial charge in [-0.1, -0.05) is 129 Å². The minimum atomic E-state index is -0.165. The van der Waals surface area contributed by atoms with Gasteiger partial charge in [-0.25, -0.2) is 4.39 Å². The van der Waals surface area contributed by atoms with Gasteiger partial charge in [-0.15, -0.1) is 0 Å². The van der Waals surface area contributed by atoms with Crippen molar-refractivity contribution in [1.29, 1.82) is 0 Å². The summed E-state index contributed by atoms with van der Waals surface area (Å²) in [5, 5.41) is 0. The standard InChI is InChI=1S/C42H39F/c1-28-6-7-38(26-29(28)2)37-22-24-42(5,25-23-37)40-19-16-33(17-20-40)31(4)32-8-10-34(11-9-32)35-12-14-36(15-13-35)39-18-21-41(43)30(3)27-39/h6-24,26-27,31H,25H2,1-5H3. The van der Waals surface area contributed by atoms with Crippen LogP contribution >= 0.6 is 0 Å². The van der Waals surface area contributed by atoms with E-state index in [1.54, 1.807) is 13.0 Å². The summed E-state index contributed by atoms with van der Waals surface area (Å²) in [6, 6.07) is 38.7. The highest BCUT2D eigenvalue weighted by molar-refractivity contribution is 5.76. The van der Waals surface area contributed by atoms with Crippen molar-refractivity contribution in [3.8, 4) is 22.3 Å². The lowest BCUT2D eigenvalue weighted by atomic mass is 9.75. The van der Waals surface area contributed by atoms with Gasteiger partial charge in [0.15, 0.2) is 0 Å². The number of rotatable bonds is 6. The lowest BCUT2D eigenvalue weighted by Gasteiger charge is -2.29. The van der Waals surface area contributed by atoms with Crippen LogP contribution in [0.2, 0.25) is 0 Å². The third kappa shape index (κ3) is 5.90. The van der Waals surface area contributed by atoms with E-state index in [9.17, 15) is 4.39 Å². The quantitative estimate of drug-likeness (QED) is 0.193. The van der Waals surface area contributed by atoms with Gasteiger partial charge in [-0.3, -0.25) is 0 Å². The normalized spacial score (nSPS) is 17.0.